The van der Waals surface area contributed by atoms with Crippen molar-refractivity contribution in [2.45, 2.75) is 57.9 Å². The van der Waals surface area contributed by atoms with Crippen LogP contribution in [0.2, 0.25) is 0 Å². The van der Waals surface area contributed by atoms with Crippen molar-refractivity contribution in [2.75, 3.05) is 26.7 Å². The van der Waals surface area contributed by atoms with Crippen LogP contribution in [0.15, 0.2) is 17.0 Å². The number of benzene rings is 1. The number of sulfonamides is 1. The first-order valence-electron chi connectivity index (χ1n) is 9.15. The molecule has 5 nitrogen and oxygen atoms in total. The third kappa shape index (κ3) is 4.96. The summed E-state index contributed by atoms with van der Waals surface area (Å²) in [6, 6.07) is 3.71. The molecule has 1 aromatic rings. The lowest BCUT2D eigenvalue weighted by atomic mass is 9.99. The summed E-state index contributed by atoms with van der Waals surface area (Å²) >= 11 is 0. The molecular formula is C19H32N2O3S. The second-order valence-electron chi connectivity index (χ2n) is 7.35. The van der Waals surface area contributed by atoms with Crippen LogP contribution in [0.3, 0.4) is 0 Å². The predicted molar refractivity (Wildman–Crippen MR) is 102 cm³/mol. The van der Waals surface area contributed by atoms with Gasteiger partial charge in [-0.05, 0) is 69.0 Å². The van der Waals surface area contributed by atoms with Gasteiger partial charge >= 0.3 is 0 Å². The molecule has 0 aromatic heterocycles. The maximum Gasteiger partial charge on any atom is 0.240 e. The Hall–Kier alpha value is -1.11. The zero-order valence-corrected chi connectivity index (χ0v) is 16.9. The van der Waals surface area contributed by atoms with Crippen LogP contribution < -0.4 is 9.46 Å². The van der Waals surface area contributed by atoms with Crippen LogP contribution in [0, 0.1) is 19.8 Å². The van der Waals surface area contributed by atoms with Gasteiger partial charge < -0.3 is 4.74 Å². The third-order valence-electron chi connectivity index (χ3n) is 5.09. The normalized spacial score (nSPS) is 17.7. The van der Waals surface area contributed by atoms with Crippen LogP contribution in [0.25, 0.3) is 0 Å². The third-order valence-corrected chi connectivity index (χ3v) is 6.66. The maximum absolute atomic E-state index is 12.8. The molecule has 1 aliphatic heterocycles. The lowest BCUT2D eigenvalue weighted by molar-refractivity contribution is 0.130. The topological polar surface area (TPSA) is 58.6 Å². The number of rotatable bonds is 7. The van der Waals surface area contributed by atoms with Gasteiger partial charge in [0.15, 0.2) is 0 Å². The fraction of sp³-hybridized carbons (Fsp3) is 0.684. The fourth-order valence-corrected chi connectivity index (χ4v) is 4.94. The van der Waals surface area contributed by atoms with Gasteiger partial charge in [0.05, 0.1) is 12.0 Å². The van der Waals surface area contributed by atoms with Gasteiger partial charge in [0.1, 0.15) is 5.75 Å². The first-order chi connectivity index (χ1) is 11.8. The summed E-state index contributed by atoms with van der Waals surface area (Å²) in [5.74, 6) is 1.12. The molecule has 1 unspecified atom stereocenters. The van der Waals surface area contributed by atoms with Crippen molar-refractivity contribution in [1.29, 1.82) is 0 Å². The number of aryl methyl sites for hydroxylation is 2. The predicted octanol–water partition coefficient (Wildman–Crippen LogP) is 3.10. The Bertz CT molecular complexity index is 680. The second kappa shape index (κ2) is 8.52. The van der Waals surface area contributed by atoms with Crippen LogP contribution in [-0.2, 0) is 10.0 Å². The Balaban J connectivity index is 2.16. The van der Waals surface area contributed by atoms with E-state index in [-0.39, 0.29) is 6.04 Å². The highest BCUT2D eigenvalue weighted by Gasteiger charge is 2.26. The van der Waals surface area contributed by atoms with Crippen molar-refractivity contribution < 1.29 is 13.2 Å². The van der Waals surface area contributed by atoms with Gasteiger partial charge in [-0.3, -0.25) is 4.90 Å². The summed E-state index contributed by atoms with van der Waals surface area (Å²) in [4.78, 5) is 2.77. The van der Waals surface area contributed by atoms with E-state index in [4.69, 9.17) is 4.74 Å². The number of nitrogens with one attached hydrogen (secondary N) is 1. The minimum absolute atomic E-state index is 0.231. The number of nitrogens with zero attached hydrogens (tertiary/aromatic N) is 1. The SMILES string of the molecule is COc1cc(C)c(S(=O)(=O)NCC(C(C)C)N2CCCCC2)cc1C. The molecule has 1 aliphatic rings. The molecule has 0 amide bonds. The van der Waals surface area contributed by atoms with E-state index in [0.29, 0.717) is 28.7 Å². The van der Waals surface area contributed by atoms with Crippen molar-refractivity contribution >= 4 is 10.0 Å². The van der Waals surface area contributed by atoms with Gasteiger partial charge in [-0.1, -0.05) is 20.3 Å². The summed E-state index contributed by atoms with van der Waals surface area (Å²) in [6.45, 7) is 10.6. The highest BCUT2D eigenvalue weighted by atomic mass is 32.2. The van der Waals surface area contributed by atoms with Crippen molar-refractivity contribution in [3.8, 4) is 5.75 Å². The number of methoxy groups -OCH3 is 1. The first-order valence-corrected chi connectivity index (χ1v) is 10.6. The zero-order valence-electron chi connectivity index (χ0n) is 16.1. The van der Waals surface area contributed by atoms with Crippen molar-refractivity contribution in [3.05, 3.63) is 23.3 Å². The fourth-order valence-electron chi connectivity index (χ4n) is 3.58. The van der Waals surface area contributed by atoms with Crippen LogP contribution in [-0.4, -0.2) is 46.1 Å². The molecule has 0 bridgehead atoms. The second-order valence-corrected chi connectivity index (χ2v) is 9.08. The quantitative estimate of drug-likeness (QED) is 0.803. The minimum atomic E-state index is -3.54. The molecular weight excluding hydrogens is 336 g/mol. The van der Waals surface area contributed by atoms with Gasteiger partial charge in [-0.15, -0.1) is 0 Å². The Morgan fingerprint density at radius 3 is 2.32 bits per heavy atom. The van der Waals surface area contributed by atoms with Crippen LogP contribution in [0.1, 0.15) is 44.2 Å². The molecule has 0 spiro atoms. The molecule has 0 saturated carbocycles. The molecule has 1 fully saturated rings. The van der Waals surface area contributed by atoms with Crippen LogP contribution in [0.5, 0.6) is 5.75 Å². The number of ether oxygens (including phenoxy) is 1. The zero-order chi connectivity index (χ0) is 18.6. The summed E-state index contributed by atoms with van der Waals surface area (Å²) in [6.07, 6.45) is 3.68. The molecule has 2 rings (SSSR count). The molecule has 0 aliphatic carbocycles. The molecule has 1 heterocycles. The van der Waals surface area contributed by atoms with Crippen molar-refractivity contribution in [2.24, 2.45) is 5.92 Å². The number of likely N-dealkylation sites (tertiary alicyclic amines) is 1. The summed E-state index contributed by atoms with van der Waals surface area (Å²) in [7, 11) is -1.94. The summed E-state index contributed by atoms with van der Waals surface area (Å²) in [5.41, 5.74) is 1.53. The lowest BCUT2D eigenvalue weighted by Gasteiger charge is -2.37. The largest absolute Gasteiger partial charge is 0.496 e. The standard InChI is InChI=1S/C19H32N2O3S/c1-14(2)17(21-9-7-6-8-10-21)13-20-25(22,23)19-12-15(3)18(24-5)11-16(19)4/h11-12,14,17,20H,6-10,13H2,1-5H3. The Morgan fingerprint density at radius 1 is 1.12 bits per heavy atom. The molecule has 1 aromatic carbocycles. The van der Waals surface area contributed by atoms with E-state index >= 15 is 0 Å². The Morgan fingerprint density at radius 2 is 1.76 bits per heavy atom. The molecule has 142 valence electrons. The number of hydrogen-bond donors (Lipinski definition) is 1. The van der Waals surface area contributed by atoms with Gasteiger partial charge in [-0.25, -0.2) is 13.1 Å². The highest BCUT2D eigenvalue weighted by Crippen LogP contribution is 2.26. The van der Waals surface area contributed by atoms with E-state index < -0.39 is 10.0 Å². The van der Waals surface area contributed by atoms with E-state index in [2.05, 4.69) is 23.5 Å². The smallest absolute Gasteiger partial charge is 0.240 e. The van der Waals surface area contributed by atoms with Gasteiger partial charge in [0.25, 0.3) is 0 Å². The Kier molecular flexibility index (Phi) is 6.88. The molecule has 1 atom stereocenters. The molecule has 0 radical (unpaired) electrons. The first kappa shape index (κ1) is 20.2. The highest BCUT2D eigenvalue weighted by molar-refractivity contribution is 7.89. The van der Waals surface area contributed by atoms with Crippen molar-refractivity contribution in [1.82, 2.24) is 9.62 Å². The van der Waals surface area contributed by atoms with E-state index in [0.717, 1.165) is 18.7 Å². The number of hydrogen-bond acceptors (Lipinski definition) is 4. The Labute approximate surface area is 152 Å². The van der Waals surface area contributed by atoms with E-state index in [1.165, 1.54) is 19.3 Å². The van der Waals surface area contributed by atoms with Crippen LogP contribution >= 0.6 is 0 Å². The minimum Gasteiger partial charge on any atom is -0.496 e. The van der Waals surface area contributed by atoms with Gasteiger partial charge in [0, 0.05) is 12.6 Å². The van der Waals surface area contributed by atoms with E-state index in [9.17, 15) is 8.42 Å². The lowest BCUT2D eigenvalue weighted by Crippen LogP contribution is -2.48. The van der Waals surface area contributed by atoms with Crippen LogP contribution in [0.4, 0.5) is 0 Å². The average molecular weight is 369 g/mol. The monoisotopic (exact) mass is 368 g/mol. The molecule has 1 saturated heterocycles. The van der Waals surface area contributed by atoms with Gasteiger partial charge in [-0.2, -0.15) is 0 Å². The number of piperidine rings is 1. The maximum atomic E-state index is 12.8. The molecule has 1 N–H and O–H groups in total. The molecule has 6 heteroatoms. The van der Waals surface area contributed by atoms with E-state index in [1.807, 2.05) is 6.92 Å². The molecule has 25 heavy (non-hydrogen) atoms. The average Bonchev–Trinajstić information content (AvgIpc) is 2.57. The van der Waals surface area contributed by atoms with Gasteiger partial charge in [0.2, 0.25) is 10.0 Å². The summed E-state index contributed by atoms with van der Waals surface area (Å²) in [5, 5.41) is 0. The summed E-state index contributed by atoms with van der Waals surface area (Å²) < 4.78 is 33.8. The van der Waals surface area contributed by atoms with Crippen molar-refractivity contribution in [3.63, 3.8) is 0 Å². The van der Waals surface area contributed by atoms with E-state index in [1.54, 1.807) is 26.2 Å².